The summed E-state index contributed by atoms with van der Waals surface area (Å²) in [6, 6.07) is 29.0. The highest BCUT2D eigenvalue weighted by Crippen LogP contribution is 2.38. The molecule has 9 heteroatoms. The molecule has 9 rings (SSSR count). The minimum atomic E-state index is -1.78. The zero-order valence-corrected chi connectivity index (χ0v) is 30.5. The quantitative estimate of drug-likeness (QED) is 0.167. The second kappa shape index (κ2) is 13.1. The molecule has 2 N–H and O–H groups in total. The molecule has 7 aromatic rings. The SMILES string of the molecule is C[Si](C)(C)Oc1ccc(-c2c3nc(c(-c4ccncc4)c4ccc([nH]4)c(-c4ccncc4)c4nc(c(-c5ccncc5)c5ccc2[nH]5)C=C4)C=C3)cc1. The van der Waals surface area contributed by atoms with Gasteiger partial charge >= 0.3 is 0 Å². The number of hydrogen-bond donors (Lipinski definition) is 2. The van der Waals surface area contributed by atoms with Crippen LogP contribution in [0, 0.1) is 0 Å². The van der Waals surface area contributed by atoms with Crippen molar-refractivity contribution in [3.63, 3.8) is 0 Å². The van der Waals surface area contributed by atoms with Gasteiger partial charge in [-0.25, -0.2) is 9.97 Å². The summed E-state index contributed by atoms with van der Waals surface area (Å²) in [7, 11) is -1.78. The minimum Gasteiger partial charge on any atom is -0.544 e. The first-order valence-electron chi connectivity index (χ1n) is 17.5. The average molecular weight is 706 g/mol. The van der Waals surface area contributed by atoms with Crippen molar-refractivity contribution in [3.8, 4) is 50.3 Å². The molecule has 0 atom stereocenters. The van der Waals surface area contributed by atoms with Crippen molar-refractivity contribution in [3.05, 3.63) is 145 Å². The lowest BCUT2D eigenvalue weighted by Crippen LogP contribution is -2.29. The van der Waals surface area contributed by atoms with Crippen LogP contribution in [-0.4, -0.2) is 43.2 Å². The summed E-state index contributed by atoms with van der Waals surface area (Å²) >= 11 is 0. The number of rotatable bonds is 6. The van der Waals surface area contributed by atoms with E-state index in [2.05, 4.69) is 117 Å². The Morgan fingerprint density at radius 1 is 0.396 bits per heavy atom. The lowest BCUT2D eigenvalue weighted by Gasteiger charge is -2.19. The number of aromatic nitrogens is 7. The number of fused-ring (bicyclic) bond motifs is 8. The molecule has 0 radical (unpaired) electrons. The molecule has 256 valence electrons. The molecule has 0 spiro atoms. The summed E-state index contributed by atoms with van der Waals surface area (Å²) in [6.07, 6.45) is 19.3. The number of nitrogens with one attached hydrogen (secondary N) is 2. The highest BCUT2D eigenvalue weighted by molar-refractivity contribution is 6.70. The van der Waals surface area contributed by atoms with Gasteiger partial charge in [0.15, 0.2) is 0 Å². The first-order chi connectivity index (χ1) is 25.9. The summed E-state index contributed by atoms with van der Waals surface area (Å²) in [4.78, 5) is 31.2. The van der Waals surface area contributed by atoms with Crippen LogP contribution in [0.25, 0.3) is 90.9 Å². The molecule has 6 aromatic heterocycles. The van der Waals surface area contributed by atoms with E-state index in [-0.39, 0.29) is 0 Å². The molecule has 0 aliphatic carbocycles. The van der Waals surface area contributed by atoms with Gasteiger partial charge in [-0.2, -0.15) is 0 Å². The van der Waals surface area contributed by atoms with E-state index in [0.29, 0.717) is 0 Å². The van der Waals surface area contributed by atoms with Crippen molar-refractivity contribution < 1.29 is 4.43 Å². The van der Waals surface area contributed by atoms with E-state index in [1.807, 2.05) is 73.6 Å². The van der Waals surface area contributed by atoms with Crippen LogP contribution < -0.4 is 4.43 Å². The summed E-state index contributed by atoms with van der Waals surface area (Å²) in [5, 5.41) is 0. The first kappa shape index (κ1) is 32.2. The molecule has 8 heterocycles. The lowest BCUT2D eigenvalue weighted by molar-refractivity contribution is 0.558. The number of nitrogens with zero attached hydrogens (tertiary/aromatic N) is 5. The predicted molar refractivity (Wildman–Crippen MR) is 218 cm³/mol. The third kappa shape index (κ3) is 6.28. The Morgan fingerprint density at radius 3 is 1.00 bits per heavy atom. The third-order valence-corrected chi connectivity index (χ3v) is 10.1. The standard InChI is InChI=1S/C44H35N7OSi/c1-53(2,3)52-32-6-4-28(5-7-32)41-33-8-10-35(48-33)42(29-16-22-45-23-17-29)37-12-14-39(50-37)44(31-20-26-47-27-21-31)40-15-13-38(51-40)43(30-18-24-46-25-19-30)36-11-9-34(41)49-36/h4-27,48,51H,1-3H3. The van der Waals surface area contributed by atoms with Crippen LogP contribution in [0.4, 0.5) is 0 Å². The Bertz CT molecular complexity index is 2670. The number of hydrogen-bond acceptors (Lipinski definition) is 6. The van der Waals surface area contributed by atoms with Gasteiger partial charge in [0.2, 0.25) is 8.32 Å². The fourth-order valence-corrected chi connectivity index (χ4v) is 7.86. The highest BCUT2D eigenvalue weighted by atomic mass is 28.4. The maximum Gasteiger partial charge on any atom is 0.242 e. The van der Waals surface area contributed by atoms with Crippen LogP contribution in [-0.2, 0) is 0 Å². The molecule has 0 fully saturated rings. The van der Waals surface area contributed by atoms with Gasteiger partial charge < -0.3 is 14.4 Å². The van der Waals surface area contributed by atoms with Crippen LogP contribution >= 0.6 is 0 Å². The van der Waals surface area contributed by atoms with Gasteiger partial charge in [-0.3, -0.25) is 15.0 Å². The van der Waals surface area contributed by atoms with E-state index in [4.69, 9.17) is 14.4 Å². The Kier molecular flexibility index (Phi) is 7.97. The van der Waals surface area contributed by atoms with Crippen molar-refractivity contribution >= 4 is 54.7 Å². The zero-order chi connectivity index (χ0) is 35.9. The topological polar surface area (TPSA) is 105 Å². The molecular formula is C44H35N7OSi. The fraction of sp³-hybridized carbons (Fsp3) is 0.0682. The zero-order valence-electron chi connectivity index (χ0n) is 29.5. The van der Waals surface area contributed by atoms with Crippen LogP contribution in [0.15, 0.2) is 122 Å². The Labute approximate surface area is 307 Å². The molecular weight excluding hydrogens is 671 g/mol. The molecule has 0 saturated heterocycles. The largest absolute Gasteiger partial charge is 0.544 e. The lowest BCUT2D eigenvalue weighted by atomic mass is 10.0. The summed E-state index contributed by atoms with van der Waals surface area (Å²) < 4.78 is 6.32. The number of benzene rings is 1. The van der Waals surface area contributed by atoms with E-state index >= 15 is 0 Å². The van der Waals surface area contributed by atoms with Crippen molar-refractivity contribution in [2.24, 2.45) is 0 Å². The van der Waals surface area contributed by atoms with E-state index in [0.717, 1.165) is 95.1 Å². The van der Waals surface area contributed by atoms with E-state index in [1.54, 1.807) is 0 Å². The Hall–Kier alpha value is -6.71. The normalized spacial score (nSPS) is 12.3. The number of H-pyrrole nitrogens is 2. The molecule has 2 aliphatic heterocycles. The maximum atomic E-state index is 6.32. The Morgan fingerprint density at radius 2 is 0.698 bits per heavy atom. The van der Waals surface area contributed by atoms with Gasteiger partial charge in [0, 0.05) is 81.5 Å². The van der Waals surface area contributed by atoms with Gasteiger partial charge in [-0.1, -0.05) is 12.1 Å². The molecule has 8 nitrogen and oxygen atoms in total. The second-order valence-corrected chi connectivity index (χ2v) is 18.4. The van der Waals surface area contributed by atoms with E-state index in [1.165, 1.54) is 0 Å². The van der Waals surface area contributed by atoms with Crippen LogP contribution in [0.5, 0.6) is 5.75 Å². The summed E-state index contributed by atoms with van der Waals surface area (Å²) in [5.41, 5.74) is 15.1. The van der Waals surface area contributed by atoms with Gasteiger partial charge in [0.05, 0.1) is 22.8 Å². The fourth-order valence-electron chi connectivity index (χ4n) is 7.02. The van der Waals surface area contributed by atoms with Crippen molar-refractivity contribution in [1.29, 1.82) is 0 Å². The van der Waals surface area contributed by atoms with Crippen molar-refractivity contribution in [1.82, 2.24) is 34.9 Å². The van der Waals surface area contributed by atoms with Crippen LogP contribution in [0.1, 0.15) is 22.8 Å². The molecule has 8 bridgehead atoms. The smallest absolute Gasteiger partial charge is 0.242 e. The molecule has 0 saturated carbocycles. The Balaban J connectivity index is 1.42. The van der Waals surface area contributed by atoms with E-state index in [9.17, 15) is 0 Å². The molecule has 1 aromatic carbocycles. The van der Waals surface area contributed by atoms with Gasteiger partial charge in [-0.15, -0.1) is 0 Å². The van der Waals surface area contributed by atoms with Gasteiger partial charge in [0.1, 0.15) is 5.75 Å². The molecule has 0 unspecified atom stereocenters. The predicted octanol–water partition coefficient (Wildman–Crippen LogP) is 10.7. The average Bonchev–Trinajstić information content (AvgIpc) is 4.01. The van der Waals surface area contributed by atoms with Crippen LogP contribution in [0.3, 0.4) is 0 Å². The monoisotopic (exact) mass is 705 g/mol. The number of pyridine rings is 3. The maximum absolute atomic E-state index is 6.32. The summed E-state index contributed by atoms with van der Waals surface area (Å²) in [5.74, 6) is 0.871. The minimum absolute atomic E-state index is 0.845. The van der Waals surface area contributed by atoms with Crippen LogP contribution in [0.2, 0.25) is 19.6 Å². The second-order valence-electron chi connectivity index (χ2n) is 13.9. The van der Waals surface area contributed by atoms with Gasteiger partial charge in [0.25, 0.3) is 0 Å². The molecule has 0 amide bonds. The van der Waals surface area contributed by atoms with Crippen molar-refractivity contribution in [2.75, 3.05) is 0 Å². The van der Waals surface area contributed by atoms with Gasteiger partial charge in [-0.05, 0) is 139 Å². The molecule has 2 aliphatic rings. The first-order valence-corrected chi connectivity index (χ1v) is 21.0. The van der Waals surface area contributed by atoms with E-state index < -0.39 is 8.32 Å². The highest BCUT2D eigenvalue weighted by Gasteiger charge is 2.20. The number of aromatic amines is 2. The third-order valence-electron chi connectivity index (χ3n) is 9.23. The summed E-state index contributed by atoms with van der Waals surface area (Å²) in [6.45, 7) is 6.57. The van der Waals surface area contributed by atoms with Crippen molar-refractivity contribution in [2.45, 2.75) is 19.6 Å². The molecule has 53 heavy (non-hydrogen) atoms.